The van der Waals surface area contributed by atoms with E-state index >= 15 is 0 Å². The van der Waals surface area contributed by atoms with Crippen LogP contribution in [0.5, 0.6) is 0 Å². The third kappa shape index (κ3) is 15.6. The number of aliphatic hydroxyl groups is 1. The summed E-state index contributed by atoms with van der Waals surface area (Å²) in [6.45, 7) is 10.5. The summed E-state index contributed by atoms with van der Waals surface area (Å²) >= 11 is 0. The molecule has 3 aliphatic rings. The lowest BCUT2D eigenvalue weighted by molar-refractivity contribution is -0.312. The van der Waals surface area contributed by atoms with E-state index in [0.29, 0.717) is 25.7 Å². The van der Waals surface area contributed by atoms with E-state index in [-0.39, 0.29) is 44.8 Å². The predicted molar refractivity (Wildman–Crippen MR) is 259 cm³/mol. The number of azide groups is 1. The zero-order valence-electron chi connectivity index (χ0n) is 41.4. The summed E-state index contributed by atoms with van der Waals surface area (Å²) in [5, 5.41) is 25.9. The minimum absolute atomic E-state index is 0.00310. The molecule has 3 fully saturated rings. The molecule has 0 spiro atoms. The van der Waals surface area contributed by atoms with Crippen LogP contribution in [0.15, 0.2) is 96.1 Å². The number of rotatable bonds is 21. The second-order valence-electron chi connectivity index (χ2n) is 18.8. The van der Waals surface area contributed by atoms with E-state index in [1.807, 2.05) is 112 Å². The Hall–Kier alpha value is -5.79. The quantitative estimate of drug-likeness (QED) is 0.0271. The molecule has 7 unspecified atom stereocenters. The second kappa shape index (κ2) is 27.1. The molecule has 1 saturated carbocycles. The molecule has 2 heterocycles. The van der Waals surface area contributed by atoms with Crippen molar-refractivity contribution >= 4 is 24.1 Å². The second-order valence-corrected chi connectivity index (χ2v) is 18.8. The molecule has 6 rings (SSSR count). The third-order valence-corrected chi connectivity index (χ3v) is 13.4. The van der Waals surface area contributed by atoms with Gasteiger partial charge in [0.1, 0.15) is 44.2 Å². The van der Waals surface area contributed by atoms with Crippen LogP contribution in [0.25, 0.3) is 10.4 Å². The molecule has 386 valence electrons. The Morgan fingerprint density at radius 1 is 0.746 bits per heavy atom. The Morgan fingerprint density at radius 3 is 1.89 bits per heavy atom. The molecule has 15 atom stereocenters. The summed E-state index contributed by atoms with van der Waals surface area (Å²) in [5.74, 6) is -2.67. The molecule has 0 aromatic heterocycles. The summed E-state index contributed by atoms with van der Waals surface area (Å²) < 4.78 is 50.2. The molecule has 19 heteroatoms. The van der Waals surface area contributed by atoms with Crippen LogP contribution in [0.2, 0.25) is 0 Å². The Morgan fingerprint density at radius 2 is 1.31 bits per heavy atom. The van der Waals surface area contributed by atoms with Gasteiger partial charge in [-0.1, -0.05) is 137 Å². The van der Waals surface area contributed by atoms with Crippen LogP contribution in [0, 0.1) is 23.7 Å². The van der Waals surface area contributed by atoms with Crippen molar-refractivity contribution in [1.82, 2.24) is 16.0 Å². The topological polar surface area (TPSA) is 247 Å². The van der Waals surface area contributed by atoms with E-state index in [9.17, 15) is 29.8 Å². The Bertz CT molecular complexity index is 2190. The van der Waals surface area contributed by atoms with Gasteiger partial charge in [0.15, 0.2) is 12.6 Å². The van der Waals surface area contributed by atoms with E-state index in [0.717, 1.165) is 16.7 Å². The van der Waals surface area contributed by atoms with Gasteiger partial charge >= 0.3 is 18.2 Å². The number of carbonyl (C=O) groups is 4. The number of aliphatic hydroxyl groups excluding tert-OH is 1. The summed E-state index contributed by atoms with van der Waals surface area (Å²) in [6, 6.07) is 24.6. The van der Waals surface area contributed by atoms with E-state index in [2.05, 4.69) is 26.0 Å². The zero-order valence-corrected chi connectivity index (χ0v) is 41.4. The van der Waals surface area contributed by atoms with Crippen LogP contribution in [0.3, 0.4) is 0 Å². The lowest BCUT2D eigenvalue weighted by Gasteiger charge is -2.52. The smallest absolute Gasteiger partial charge is 0.407 e. The fourth-order valence-corrected chi connectivity index (χ4v) is 9.28. The Labute approximate surface area is 415 Å². The van der Waals surface area contributed by atoms with Crippen molar-refractivity contribution in [3.05, 3.63) is 118 Å². The van der Waals surface area contributed by atoms with Crippen molar-refractivity contribution in [2.45, 2.75) is 154 Å². The fraction of sp³-hybridized carbons (Fsp3) is 0.577. The van der Waals surface area contributed by atoms with Gasteiger partial charge in [0.05, 0.1) is 30.9 Å². The molecule has 2 aliphatic heterocycles. The van der Waals surface area contributed by atoms with Gasteiger partial charge in [0.25, 0.3) is 0 Å². The number of carbonyl (C=O) groups excluding carboxylic acids is 4. The minimum Gasteiger partial charge on any atom is -0.463 e. The van der Waals surface area contributed by atoms with Gasteiger partial charge in [0.2, 0.25) is 5.91 Å². The first-order chi connectivity index (χ1) is 34.3. The number of nitrogens with one attached hydrogen (secondary N) is 3. The fourth-order valence-electron chi connectivity index (χ4n) is 9.28. The lowest BCUT2D eigenvalue weighted by Crippen LogP contribution is -2.74. The zero-order chi connectivity index (χ0) is 50.9. The highest BCUT2D eigenvalue weighted by Crippen LogP contribution is 2.39. The molecule has 4 N–H and O–H groups in total. The summed E-state index contributed by atoms with van der Waals surface area (Å²) in [6.07, 6.45) is -8.16. The number of alkyl carbamates (subject to hydrolysis) is 2. The average molecular weight is 987 g/mol. The van der Waals surface area contributed by atoms with Crippen molar-refractivity contribution in [1.29, 1.82) is 0 Å². The molecule has 0 radical (unpaired) electrons. The van der Waals surface area contributed by atoms with E-state index in [1.54, 1.807) is 13.8 Å². The van der Waals surface area contributed by atoms with Gasteiger partial charge in [-0.3, -0.25) is 9.59 Å². The molecule has 0 bridgehead atoms. The van der Waals surface area contributed by atoms with E-state index in [4.69, 9.17) is 37.9 Å². The number of hydrogen-bond donors (Lipinski definition) is 4. The lowest BCUT2D eigenvalue weighted by atomic mass is 9.79. The van der Waals surface area contributed by atoms with Crippen LogP contribution >= 0.6 is 0 Å². The third-order valence-electron chi connectivity index (χ3n) is 13.4. The summed E-state index contributed by atoms with van der Waals surface area (Å²) in [7, 11) is 0. The normalized spacial score (nSPS) is 29.8. The maximum atomic E-state index is 14.3. The largest absolute Gasteiger partial charge is 0.463 e. The first-order valence-electron chi connectivity index (χ1n) is 24.6. The SMILES string of the molecule is CCC[C@H](C)C(=O)N[C@@H]1C(OCc2ccccc2)[C@H](NC(=O)OCc2ccccc2)C(O[C@H]2OC(CNC(=O)OCc3ccccc3)CCC2C)C(O)[C@H]1O[C@H]1OC(COC(C)=O)[C@@H](C)[C@H](N=[N+]=[N-])C1C. The highest BCUT2D eigenvalue weighted by molar-refractivity contribution is 5.78. The number of ether oxygens (including phenoxy) is 8. The standard InChI is InChI=1S/C52H70N6O13/c1-7-17-31(2)48(61)55-42-45(65-27-36-18-11-8-12-19-36)43(56-52(63)67-29-38-22-15-10-16-23-38)47(44(60)46(42)71-50-34(5)41(57-58-53)33(4)40(69-50)30-64-35(6)59)70-49-32(3)24-25-39(68-49)26-54-51(62)66-28-37-20-13-9-14-21-37/h8-16,18-23,31-34,39-47,49-50,60H,7,17,24-30H2,1-6H3,(H,54,62)(H,55,61)(H,56,63)/t31-,32?,33+,34?,39?,40?,41-,42+,43-,44?,45?,46-,47?,49+,50+/m0/s1. The molecule has 1 aliphatic carbocycles. The monoisotopic (exact) mass is 987 g/mol. The van der Waals surface area contributed by atoms with Gasteiger partial charge in [-0.15, -0.1) is 0 Å². The maximum absolute atomic E-state index is 14.3. The Kier molecular flexibility index (Phi) is 20.9. The van der Waals surface area contributed by atoms with Gasteiger partial charge in [-0.05, 0) is 47.4 Å². The average Bonchev–Trinajstić information content (AvgIpc) is 3.37. The van der Waals surface area contributed by atoms with Crippen LogP contribution in [0.4, 0.5) is 9.59 Å². The molecule has 3 aromatic rings. The summed E-state index contributed by atoms with van der Waals surface area (Å²) in [4.78, 5) is 56.2. The van der Waals surface area contributed by atoms with Crippen LogP contribution in [0.1, 0.15) is 83.9 Å². The molecular formula is C52H70N6O13. The summed E-state index contributed by atoms with van der Waals surface area (Å²) in [5.41, 5.74) is 12.0. The number of benzene rings is 3. The minimum atomic E-state index is -1.65. The van der Waals surface area contributed by atoms with Crippen molar-refractivity contribution < 1.29 is 62.2 Å². The number of amides is 3. The van der Waals surface area contributed by atoms with Crippen molar-refractivity contribution in [2.75, 3.05) is 13.2 Å². The molecule has 19 nitrogen and oxygen atoms in total. The number of nitrogens with zero attached hydrogens (tertiary/aromatic N) is 3. The van der Waals surface area contributed by atoms with E-state index < -0.39 is 103 Å². The van der Waals surface area contributed by atoms with Gasteiger partial charge < -0.3 is 59.0 Å². The first-order valence-corrected chi connectivity index (χ1v) is 24.6. The Balaban J connectivity index is 1.37. The van der Waals surface area contributed by atoms with Gasteiger partial charge in [-0.25, -0.2) is 9.59 Å². The molecule has 3 aromatic carbocycles. The van der Waals surface area contributed by atoms with Gasteiger partial charge in [0, 0.05) is 42.2 Å². The van der Waals surface area contributed by atoms with Crippen LogP contribution in [-0.4, -0.2) is 110 Å². The molecule has 3 amide bonds. The highest BCUT2D eigenvalue weighted by atomic mass is 16.7. The van der Waals surface area contributed by atoms with Gasteiger partial charge in [-0.2, -0.15) is 0 Å². The first kappa shape index (κ1) is 54.5. The van der Waals surface area contributed by atoms with Crippen LogP contribution in [-0.2, 0) is 67.3 Å². The molecule has 2 saturated heterocycles. The van der Waals surface area contributed by atoms with Crippen molar-refractivity contribution in [3.8, 4) is 0 Å². The predicted octanol–water partition coefficient (Wildman–Crippen LogP) is 7.24. The molecular weight excluding hydrogens is 917 g/mol. The van der Waals surface area contributed by atoms with Crippen LogP contribution < -0.4 is 16.0 Å². The van der Waals surface area contributed by atoms with E-state index in [1.165, 1.54) is 6.92 Å². The number of hydrogen-bond acceptors (Lipinski definition) is 14. The highest BCUT2D eigenvalue weighted by Gasteiger charge is 2.57. The number of esters is 1. The van der Waals surface area contributed by atoms with Crippen molar-refractivity contribution in [2.24, 2.45) is 28.8 Å². The molecule has 71 heavy (non-hydrogen) atoms. The van der Waals surface area contributed by atoms with Crippen molar-refractivity contribution in [3.63, 3.8) is 0 Å². The maximum Gasteiger partial charge on any atom is 0.407 e.